The van der Waals surface area contributed by atoms with Gasteiger partial charge in [0.25, 0.3) is 0 Å². The van der Waals surface area contributed by atoms with E-state index < -0.39 is 11.6 Å². The summed E-state index contributed by atoms with van der Waals surface area (Å²) < 4.78 is 44.3. The Morgan fingerprint density at radius 3 is 2.61 bits per heavy atom. The van der Waals surface area contributed by atoms with E-state index in [-0.39, 0.29) is 10.2 Å². The van der Waals surface area contributed by atoms with E-state index in [1.807, 2.05) is 12.1 Å². The Hall–Kier alpha value is -2.06. The third-order valence-corrected chi connectivity index (χ3v) is 5.46. The van der Waals surface area contributed by atoms with E-state index in [1.165, 1.54) is 6.07 Å². The van der Waals surface area contributed by atoms with Crippen molar-refractivity contribution in [2.45, 2.75) is 0 Å². The van der Waals surface area contributed by atoms with Gasteiger partial charge in [0.05, 0.1) is 10.2 Å². The molecule has 4 rings (SSSR count). The predicted molar refractivity (Wildman–Crippen MR) is 106 cm³/mol. The zero-order valence-corrected chi connectivity index (χ0v) is 16.9. The first kappa shape index (κ1) is 19.3. The van der Waals surface area contributed by atoms with Crippen LogP contribution in [-0.2, 0) is 0 Å². The van der Waals surface area contributed by atoms with Gasteiger partial charge in [-0.2, -0.15) is 0 Å². The molecule has 0 N–H and O–H groups in total. The Kier molecular flexibility index (Phi) is 5.87. The molecule has 0 saturated carbocycles. The zero-order valence-electron chi connectivity index (χ0n) is 15.3. The van der Waals surface area contributed by atoms with Crippen LogP contribution in [0.5, 0.6) is 17.2 Å². The van der Waals surface area contributed by atoms with Crippen molar-refractivity contribution in [1.82, 2.24) is 4.90 Å². The lowest BCUT2D eigenvalue weighted by Crippen LogP contribution is -2.47. The number of fused-ring (bicyclic) bond motifs is 1. The van der Waals surface area contributed by atoms with Gasteiger partial charge in [0.2, 0.25) is 0 Å². The van der Waals surface area contributed by atoms with Crippen molar-refractivity contribution in [3.8, 4) is 17.2 Å². The van der Waals surface area contributed by atoms with Gasteiger partial charge in [-0.25, -0.2) is 8.78 Å². The van der Waals surface area contributed by atoms with Gasteiger partial charge in [0.15, 0.2) is 23.1 Å². The van der Waals surface area contributed by atoms with Crippen molar-refractivity contribution in [3.63, 3.8) is 0 Å². The molecule has 0 amide bonds. The molecule has 0 spiro atoms. The molecule has 2 aromatic carbocycles. The molecule has 0 unspecified atom stereocenters. The van der Waals surface area contributed by atoms with Crippen LogP contribution in [0.25, 0.3) is 0 Å². The Labute approximate surface area is 170 Å². The summed E-state index contributed by atoms with van der Waals surface area (Å²) in [4.78, 5) is 4.56. The van der Waals surface area contributed by atoms with Crippen LogP contribution in [0, 0.1) is 11.6 Å². The maximum atomic E-state index is 13.8. The molecule has 150 valence electrons. The quantitative estimate of drug-likeness (QED) is 0.687. The fourth-order valence-electron chi connectivity index (χ4n) is 3.46. The average molecular weight is 455 g/mol. The second-order valence-electron chi connectivity index (χ2n) is 6.68. The van der Waals surface area contributed by atoms with Crippen LogP contribution in [-0.4, -0.2) is 57.4 Å². The van der Waals surface area contributed by atoms with Gasteiger partial charge < -0.3 is 19.1 Å². The molecule has 0 atom stereocenters. The second kappa shape index (κ2) is 8.53. The van der Waals surface area contributed by atoms with Crippen LogP contribution in [0.15, 0.2) is 34.8 Å². The summed E-state index contributed by atoms with van der Waals surface area (Å²) in [7, 11) is 0. The number of nitrogens with zero attached hydrogens (tertiary/aromatic N) is 2. The van der Waals surface area contributed by atoms with E-state index in [1.54, 1.807) is 0 Å². The lowest BCUT2D eigenvalue weighted by atomic mass is 10.2. The smallest absolute Gasteiger partial charge is 0.184 e. The molecule has 0 aromatic heterocycles. The Morgan fingerprint density at radius 1 is 1.04 bits per heavy atom. The highest BCUT2D eigenvalue weighted by atomic mass is 79.9. The van der Waals surface area contributed by atoms with Crippen LogP contribution in [0.4, 0.5) is 14.5 Å². The maximum absolute atomic E-state index is 13.8. The molecule has 2 aliphatic heterocycles. The van der Waals surface area contributed by atoms with Crippen LogP contribution >= 0.6 is 15.9 Å². The minimum atomic E-state index is -0.701. The average Bonchev–Trinajstić information content (AvgIpc) is 2.70. The largest absolute Gasteiger partial charge is 0.488 e. The molecule has 5 nitrogen and oxygen atoms in total. The molecule has 2 aliphatic rings. The predicted octanol–water partition coefficient (Wildman–Crippen LogP) is 3.70. The molecule has 0 radical (unpaired) electrons. The van der Waals surface area contributed by atoms with Gasteiger partial charge in [0, 0.05) is 38.8 Å². The normalized spacial score (nSPS) is 16.9. The highest BCUT2D eigenvalue weighted by Gasteiger charge is 2.23. The van der Waals surface area contributed by atoms with E-state index >= 15 is 0 Å². The lowest BCUT2D eigenvalue weighted by molar-refractivity contribution is 0.170. The van der Waals surface area contributed by atoms with Crippen LogP contribution in [0.1, 0.15) is 0 Å². The van der Waals surface area contributed by atoms with Crippen LogP contribution in [0.3, 0.4) is 0 Å². The third-order valence-electron chi connectivity index (χ3n) is 4.88. The maximum Gasteiger partial charge on any atom is 0.184 e. The number of anilines is 1. The number of hydrogen-bond donors (Lipinski definition) is 0. The number of piperazine rings is 1. The van der Waals surface area contributed by atoms with Crippen molar-refractivity contribution in [3.05, 3.63) is 46.4 Å². The Balaban J connectivity index is 1.30. The minimum Gasteiger partial charge on any atom is -0.488 e. The summed E-state index contributed by atoms with van der Waals surface area (Å²) in [5.74, 6) is 0.333. The number of ether oxygens (including phenoxy) is 3. The fraction of sp³-hybridized carbons (Fsp3) is 0.400. The summed E-state index contributed by atoms with van der Waals surface area (Å²) in [5.41, 5.74) is 1.06. The molecule has 1 saturated heterocycles. The van der Waals surface area contributed by atoms with Crippen LogP contribution in [0.2, 0.25) is 0 Å². The standard InChI is InChI=1S/C20H21BrF2N2O3/c21-15-12-14(22)13-16(23)19(15)27-9-8-24-4-6-25(7-5-24)17-2-1-3-18-20(17)28-11-10-26-18/h1-3,12-13H,4-11H2. The van der Waals surface area contributed by atoms with Crippen LogP contribution < -0.4 is 19.1 Å². The Bertz CT molecular complexity index is 821. The minimum absolute atomic E-state index is 0.0492. The fourth-order valence-corrected chi connectivity index (χ4v) is 3.99. The van der Waals surface area contributed by atoms with Crippen molar-refractivity contribution in [1.29, 1.82) is 0 Å². The van der Waals surface area contributed by atoms with E-state index in [0.717, 1.165) is 49.4 Å². The SMILES string of the molecule is Fc1cc(F)c(OCCN2CCN(c3cccc4c3OCCO4)CC2)c(Br)c1. The van der Waals surface area contributed by atoms with Crippen molar-refractivity contribution < 1.29 is 23.0 Å². The van der Waals surface area contributed by atoms with Gasteiger partial charge in [-0.3, -0.25) is 4.90 Å². The highest BCUT2D eigenvalue weighted by Crippen LogP contribution is 2.39. The first-order valence-electron chi connectivity index (χ1n) is 9.25. The molecule has 2 heterocycles. The molecule has 1 fully saturated rings. The van der Waals surface area contributed by atoms with Gasteiger partial charge in [0.1, 0.15) is 25.6 Å². The third kappa shape index (κ3) is 4.17. The zero-order chi connectivity index (χ0) is 19.5. The van der Waals surface area contributed by atoms with Gasteiger partial charge in [-0.15, -0.1) is 0 Å². The summed E-state index contributed by atoms with van der Waals surface area (Å²) >= 11 is 3.14. The van der Waals surface area contributed by atoms with Gasteiger partial charge in [-0.05, 0) is 34.1 Å². The molecular weight excluding hydrogens is 434 g/mol. The molecular formula is C20H21BrF2N2O3. The molecule has 0 aliphatic carbocycles. The number of benzene rings is 2. The number of para-hydroxylation sites is 1. The van der Waals surface area contributed by atoms with E-state index in [9.17, 15) is 8.78 Å². The highest BCUT2D eigenvalue weighted by molar-refractivity contribution is 9.10. The van der Waals surface area contributed by atoms with Crippen molar-refractivity contribution in [2.75, 3.05) is 57.4 Å². The first-order chi connectivity index (χ1) is 13.6. The van der Waals surface area contributed by atoms with E-state index in [0.29, 0.717) is 26.4 Å². The first-order valence-corrected chi connectivity index (χ1v) is 10.0. The summed E-state index contributed by atoms with van der Waals surface area (Å²) in [6.45, 7) is 5.58. The number of halogens is 3. The lowest BCUT2D eigenvalue weighted by Gasteiger charge is -2.37. The summed E-state index contributed by atoms with van der Waals surface area (Å²) in [6, 6.07) is 7.99. The summed E-state index contributed by atoms with van der Waals surface area (Å²) in [6.07, 6.45) is 0. The van der Waals surface area contributed by atoms with E-state index in [2.05, 4.69) is 31.8 Å². The van der Waals surface area contributed by atoms with Gasteiger partial charge in [-0.1, -0.05) is 6.07 Å². The second-order valence-corrected chi connectivity index (χ2v) is 7.53. The molecule has 8 heteroatoms. The van der Waals surface area contributed by atoms with Crippen molar-refractivity contribution in [2.24, 2.45) is 0 Å². The van der Waals surface area contributed by atoms with Gasteiger partial charge >= 0.3 is 0 Å². The van der Waals surface area contributed by atoms with E-state index in [4.69, 9.17) is 14.2 Å². The number of hydrogen-bond acceptors (Lipinski definition) is 5. The molecule has 2 aromatic rings. The molecule has 28 heavy (non-hydrogen) atoms. The summed E-state index contributed by atoms with van der Waals surface area (Å²) in [5, 5.41) is 0. The van der Waals surface area contributed by atoms with Crippen molar-refractivity contribution >= 4 is 21.6 Å². The molecule has 0 bridgehead atoms. The monoisotopic (exact) mass is 454 g/mol. The Morgan fingerprint density at radius 2 is 1.82 bits per heavy atom. The number of rotatable bonds is 5. The topological polar surface area (TPSA) is 34.2 Å².